The Balaban J connectivity index is 1.84. The Hall–Kier alpha value is -3.48. The van der Waals surface area contributed by atoms with E-state index in [1.807, 2.05) is 36.6 Å². The standard InChI is InChI=1S/C27H24Cl2N2O4/c1-15-11-18(16(2)30(15)21-9-10-24(34-4)23(29)14-21)12-22-25(27(33)35-5)17(3)31(26(22)32)20-8-6-7-19(28)13-20/h6-14H,1-5H3/b22-12-. The second kappa shape index (κ2) is 9.64. The minimum atomic E-state index is -0.581. The maximum absolute atomic E-state index is 13.6. The van der Waals surface area contributed by atoms with Gasteiger partial charge in [0.25, 0.3) is 5.91 Å². The van der Waals surface area contributed by atoms with Gasteiger partial charge in [-0.05, 0) is 74.9 Å². The molecule has 0 fully saturated rings. The van der Waals surface area contributed by atoms with Gasteiger partial charge in [-0.3, -0.25) is 9.69 Å². The van der Waals surface area contributed by atoms with Crippen LogP contribution in [-0.2, 0) is 14.3 Å². The fourth-order valence-corrected chi connectivity index (χ4v) is 4.82. The van der Waals surface area contributed by atoms with Crippen molar-refractivity contribution in [3.63, 3.8) is 0 Å². The Morgan fingerprint density at radius 3 is 2.34 bits per heavy atom. The first-order valence-electron chi connectivity index (χ1n) is 10.8. The number of nitrogens with zero attached hydrogens (tertiary/aromatic N) is 2. The summed E-state index contributed by atoms with van der Waals surface area (Å²) < 4.78 is 12.3. The minimum Gasteiger partial charge on any atom is -0.495 e. The van der Waals surface area contributed by atoms with Gasteiger partial charge in [0.2, 0.25) is 0 Å². The van der Waals surface area contributed by atoms with E-state index in [1.165, 1.54) is 12.0 Å². The molecule has 4 rings (SSSR count). The van der Waals surface area contributed by atoms with Crippen LogP contribution in [0.4, 0.5) is 5.69 Å². The van der Waals surface area contributed by atoms with Crippen LogP contribution < -0.4 is 9.64 Å². The van der Waals surface area contributed by atoms with Crippen LogP contribution in [0.15, 0.2) is 65.4 Å². The largest absolute Gasteiger partial charge is 0.495 e. The van der Waals surface area contributed by atoms with Gasteiger partial charge in [-0.2, -0.15) is 0 Å². The molecule has 1 aromatic heterocycles. The van der Waals surface area contributed by atoms with Crippen molar-refractivity contribution in [1.29, 1.82) is 0 Å². The molecule has 35 heavy (non-hydrogen) atoms. The minimum absolute atomic E-state index is 0.217. The van der Waals surface area contributed by atoms with Crippen molar-refractivity contribution in [2.75, 3.05) is 19.1 Å². The molecule has 1 amide bonds. The summed E-state index contributed by atoms with van der Waals surface area (Å²) in [6, 6.07) is 14.4. The van der Waals surface area contributed by atoms with Gasteiger partial charge < -0.3 is 14.0 Å². The van der Waals surface area contributed by atoms with E-state index in [9.17, 15) is 9.59 Å². The van der Waals surface area contributed by atoms with E-state index in [4.69, 9.17) is 32.7 Å². The number of allylic oxidation sites excluding steroid dienone is 1. The van der Waals surface area contributed by atoms with Crippen LogP contribution >= 0.6 is 23.2 Å². The lowest BCUT2D eigenvalue weighted by molar-refractivity contribution is -0.136. The maximum atomic E-state index is 13.6. The number of benzene rings is 2. The van der Waals surface area contributed by atoms with E-state index in [0.29, 0.717) is 27.2 Å². The number of rotatable bonds is 5. The van der Waals surface area contributed by atoms with E-state index in [1.54, 1.807) is 50.4 Å². The molecule has 0 unspecified atom stereocenters. The van der Waals surface area contributed by atoms with Crippen LogP contribution in [0.2, 0.25) is 10.0 Å². The van der Waals surface area contributed by atoms with Gasteiger partial charge >= 0.3 is 5.97 Å². The first kappa shape index (κ1) is 24.6. The molecule has 0 N–H and O–H groups in total. The van der Waals surface area contributed by atoms with Crippen LogP contribution in [0.25, 0.3) is 11.8 Å². The third kappa shape index (κ3) is 4.35. The zero-order valence-electron chi connectivity index (χ0n) is 20.0. The Bertz CT molecular complexity index is 1420. The monoisotopic (exact) mass is 510 g/mol. The summed E-state index contributed by atoms with van der Waals surface area (Å²) in [5.41, 5.74) is 4.99. The molecular weight excluding hydrogens is 487 g/mol. The predicted octanol–water partition coefficient (Wildman–Crippen LogP) is 6.29. The van der Waals surface area contributed by atoms with Crippen LogP contribution in [0.3, 0.4) is 0 Å². The lowest BCUT2D eigenvalue weighted by Crippen LogP contribution is -2.24. The Morgan fingerprint density at radius 1 is 0.971 bits per heavy atom. The first-order valence-corrected chi connectivity index (χ1v) is 11.6. The molecule has 2 aromatic carbocycles. The number of methoxy groups -OCH3 is 2. The average molecular weight is 511 g/mol. The second-order valence-corrected chi connectivity index (χ2v) is 8.95. The smallest absolute Gasteiger partial charge is 0.340 e. The number of carbonyl (C=O) groups is 2. The highest BCUT2D eigenvalue weighted by atomic mass is 35.5. The van der Waals surface area contributed by atoms with Crippen molar-refractivity contribution in [2.24, 2.45) is 0 Å². The average Bonchev–Trinajstić information content (AvgIpc) is 3.24. The van der Waals surface area contributed by atoms with E-state index in [-0.39, 0.29) is 17.1 Å². The molecule has 6 nitrogen and oxygen atoms in total. The number of hydrogen-bond acceptors (Lipinski definition) is 4. The summed E-state index contributed by atoms with van der Waals surface area (Å²) in [4.78, 5) is 27.8. The molecule has 1 aliphatic heterocycles. The number of halogens is 2. The maximum Gasteiger partial charge on any atom is 0.340 e. The summed E-state index contributed by atoms with van der Waals surface area (Å²) in [5, 5.41) is 0.980. The number of carbonyl (C=O) groups excluding carboxylic acids is 2. The van der Waals surface area contributed by atoms with Gasteiger partial charge in [0.05, 0.1) is 36.1 Å². The van der Waals surface area contributed by atoms with Gasteiger partial charge in [-0.15, -0.1) is 0 Å². The number of ether oxygens (including phenoxy) is 2. The van der Waals surface area contributed by atoms with E-state index in [0.717, 1.165) is 22.6 Å². The number of amides is 1. The van der Waals surface area contributed by atoms with Gasteiger partial charge in [-0.1, -0.05) is 29.3 Å². The lowest BCUT2D eigenvalue weighted by atomic mass is 10.0. The zero-order chi connectivity index (χ0) is 25.4. The summed E-state index contributed by atoms with van der Waals surface area (Å²) in [5.74, 6) is -0.328. The van der Waals surface area contributed by atoms with Crippen molar-refractivity contribution in [2.45, 2.75) is 20.8 Å². The van der Waals surface area contributed by atoms with Crippen LogP contribution in [0.5, 0.6) is 5.75 Å². The molecule has 0 bridgehead atoms. The zero-order valence-corrected chi connectivity index (χ0v) is 21.5. The van der Waals surface area contributed by atoms with E-state index < -0.39 is 5.97 Å². The number of hydrogen-bond donors (Lipinski definition) is 0. The Kier molecular flexibility index (Phi) is 6.79. The van der Waals surface area contributed by atoms with Gasteiger partial charge in [-0.25, -0.2) is 4.79 Å². The first-order chi connectivity index (χ1) is 16.7. The van der Waals surface area contributed by atoms with Crippen LogP contribution in [0, 0.1) is 13.8 Å². The summed E-state index contributed by atoms with van der Waals surface area (Å²) in [6.45, 7) is 5.62. The third-order valence-electron chi connectivity index (χ3n) is 6.02. The molecule has 1 aliphatic rings. The van der Waals surface area contributed by atoms with Gasteiger partial charge in [0.15, 0.2) is 0 Å². The molecule has 180 valence electrons. The SMILES string of the molecule is COC(=O)C1=C(C)N(c2cccc(Cl)c2)C(=O)/C1=C\c1cc(C)n(-c2ccc(OC)c(Cl)c2)c1C. The molecule has 2 heterocycles. The Morgan fingerprint density at radius 2 is 1.71 bits per heavy atom. The van der Waals surface area contributed by atoms with Crippen molar-refractivity contribution in [3.8, 4) is 11.4 Å². The number of anilines is 1. The predicted molar refractivity (Wildman–Crippen MR) is 138 cm³/mol. The van der Waals surface area contributed by atoms with Crippen molar-refractivity contribution in [1.82, 2.24) is 4.57 Å². The fourth-order valence-electron chi connectivity index (χ4n) is 4.39. The quantitative estimate of drug-likeness (QED) is 0.299. The molecule has 0 saturated carbocycles. The van der Waals surface area contributed by atoms with Crippen molar-refractivity contribution >= 4 is 46.8 Å². The molecule has 0 saturated heterocycles. The summed E-state index contributed by atoms with van der Waals surface area (Å²) in [7, 11) is 2.86. The number of aryl methyl sites for hydroxylation is 1. The van der Waals surface area contributed by atoms with Crippen molar-refractivity contribution < 1.29 is 19.1 Å². The summed E-state index contributed by atoms with van der Waals surface area (Å²) in [6.07, 6.45) is 1.73. The molecule has 8 heteroatoms. The normalized spacial score (nSPS) is 14.8. The highest BCUT2D eigenvalue weighted by Gasteiger charge is 2.38. The van der Waals surface area contributed by atoms with E-state index >= 15 is 0 Å². The fraction of sp³-hybridized carbons (Fsp3) is 0.185. The topological polar surface area (TPSA) is 60.8 Å². The number of esters is 1. The molecule has 0 atom stereocenters. The van der Waals surface area contributed by atoms with Crippen LogP contribution in [0.1, 0.15) is 23.9 Å². The summed E-state index contributed by atoms with van der Waals surface area (Å²) >= 11 is 12.5. The molecule has 0 radical (unpaired) electrons. The lowest BCUT2D eigenvalue weighted by Gasteiger charge is -2.18. The number of aromatic nitrogens is 1. The highest BCUT2D eigenvalue weighted by molar-refractivity contribution is 6.32. The van der Waals surface area contributed by atoms with Gasteiger partial charge in [0, 0.05) is 27.8 Å². The van der Waals surface area contributed by atoms with Crippen LogP contribution in [-0.4, -0.2) is 30.7 Å². The molecular formula is C27H24Cl2N2O4. The second-order valence-electron chi connectivity index (χ2n) is 8.11. The molecule has 3 aromatic rings. The third-order valence-corrected chi connectivity index (χ3v) is 6.55. The van der Waals surface area contributed by atoms with Crippen molar-refractivity contribution in [3.05, 3.63) is 92.4 Å². The van der Waals surface area contributed by atoms with E-state index in [2.05, 4.69) is 0 Å². The molecule has 0 spiro atoms. The highest BCUT2D eigenvalue weighted by Crippen LogP contribution is 2.37. The molecule has 0 aliphatic carbocycles. The Labute approximate surface area is 214 Å². The van der Waals surface area contributed by atoms with Gasteiger partial charge in [0.1, 0.15) is 5.75 Å².